The third-order valence-corrected chi connectivity index (χ3v) is 5.04. The van der Waals surface area contributed by atoms with Gasteiger partial charge in [-0.1, -0.05) is 19.0 Å². The van der Waals surface area contributed by atoms with E-state index in [1.807, 2.05) is 13.8 Å². The molecule has 3 rings (SSSR count). The van der Waals surface area contributed by atoms with Crippen LogP contribution in [0.25, 0.3) is 0 Å². The molecule has 0 bridgehead atoms. The van der Waals surface area contributed by atoms with Crippen LogP contribution in [0.1, 0.15) is 70.3 Å². The lowest BCUT2D eigenvalue weighted by Crippen LogP contribution is -2.39. The van der Waals surface area contributed by atoms with Crippen molar-refractivity contribution in [3.05, 3.63) is 33.6 Å². The Kier molecular flexibility index (Phi) is 4.66. The van der Waals surface area contributed by atoms with Gasteiger partial charge in [-0.2, -0.15) is 4.98 Å². The minimum Gasteiger partial charge on any atom is -0.366 e. The summed E-state index contributed by atoms with van der Waals surface area (Å²) in [5.41, 5.74) is 5.62. The number of piperidine rings is 1. The maximum Gasteiger partial charge on any atom is 0.263 e. The Hall–Kier alpha value is -2.22. The lowest BCUT2D eigenvalue weighted by atomic mass is 9.97. The predicted octanol–water partition coefficient (Wildman–Crippen LogP) is 2.37. The minimum atomic E-state index is -0.519. The number of rotatable bonds is 4. The van der Waals surface area contributed by atoms with Crippen molar-refractivity contribution in [2.75, 3.05) is 13.1 Å². The SMILES string of the molecule is CC(C)c1nc([C@H]2CCCN(C(=O)c3cc(C(N)=O)cs3)C2)no1. The summed E-state index contributed by atoms with van der Waals surface area (Å²) in [6.07, 6.45) is 1.81. The van der Waals surface area contributed by atoms with Crippen molar-refractivity contribution in [1.29, 1.82) is 0 Å². The van der Waals surface area contributed by atoms with E-state index >= 15 is 0 Å². The van der Waals surface area contributed by atoms with Gasteiger partial charge in [0.05, 0.1) is 10.4 Å². The zero-order valence-electron chi connectivity index (χ0n) is 13.7. The third-order valence-electron chi connectivity index (χ3n) is 4.12. The average Bonchev–Trinajstić information content (AvgIpc) is 3.24. The van der Waals surface area contributed by atoms with Gasteiger partial charge in [-0.3, -0.25) is 9.59 Å². The first kappa shape index (κ1) is 16.6. The Morgan fingerprint density at radius 1 is 1.46 bits per heavy atom. The van der Waals surface area contributed by atoms with E-state index < -0.39 is 5.91 Å². The molecule has 2 N–H and O–H groups in total. The van der Waals surface area contributed by atoms with Crippen LogP contribution < -0.4 is 5.73 Å². The van der Waals surface area contributed by atoms with Crippen molar-refractivity contribution >= 4 is 23.2 Å². The van der Waals surface area contributed by atoms with Crippen LogP contribution in [0.15, 0.2) is 16.0 Å². The highest BCUT2D eigenvalue weighted by Gasteiger charge is 2.29. The number of thiophene rings is 1. The molecule has 8 heteroatoms. The summed E-state index contributed by atoms with van der Waals surface area (Å²) in [7, 11) is 0. The summed E-state index contributed by atoms with van der Waals surface area (Å²) in [5.74, 6) is 0.957. The second-order valence-corrected chi connectivity index (χ2v) is 7.21. The molecule has 2 amide bonds. The van der Waals surface area contributed by atoms with E-state index in [4.69, 9.17) is 10.3 Å². The molecular weight excluding hydrogens is 328 g/mol. The number of carbonyl (C=O) groups is 2. The van der Waals surface area contributed by atoms with Crippen LogP contribution in [0.5, 0.6) is 0 Å². The van der Waals surface area contributed by atoms with Gasteiger partial charge in [-0.25, -0.2) is 0 Å². The molecule has 1 aliphatic rings. The molecule has 7 nitrogen and oxygen atoms in total. The van der Waals surface area contributed by atoms with Crippen LogP contribution >= 0.6 is 11.3 Å². The topological polar surface area (TPSA) is 102 Å². The van der Waals surface area contributed by atoms with Crippen LogP contribution in [0.4, 0.5) is 0 Å². The van der Waals surface area contributed by atoms with Gasteiger partial charge in [0.25, 0.3) is 5.91 Å². The Balaban J connectivity index is 1.72. The first-order chi connectivity index (χ1) is 11.5. The molecule has 1 fully saturated rings. The third kappa shape index (κ3) is 3.33. The smallest absolute Gasteiger partial charge is 0.263 e. The highest BCUT2D eigenvalue weighted by atomic mass is 32.1. The molecule has 0 spiro atoms. The van der Waals surface area contributed by atoms with Gasteiger partial charge in [-0.15, -0.1) is 11.3 Å². The highest BCUT2D eigenvalue weighted by Crippen LogP contribution is 2.28. The normalized spacial score (nSPS) is 18.1. The van der Waals surface area contributed by atoms with E-state index in [-0.39, 0.29) is 17.7 Å². The number of aromatic nitrogens is 2. The Bertz CT molecular complexity index is 752. The number of primary amides is 1. The Morgan fingerprint density at radius 3 is 2.88 bits per heavy atom. The van der Waals surface area contributed by atoms with Crippen LogP contribution in [-0.2, 0) is 0 Å². The maximum absolute atomic E-state index is 12.6. The molecule has 0 radical (unpaired) electrons. The first-order valence-electron chi connectivity index (χ1n) is 7.96. The second-order valence-electron chi connectivity index (χ2n) is 6.30. The fraction of sp³-hybridized carbons (Fsp3) is 0.500. The number of hydrogen-bond acceptors (Lipinski definition) is 6. The monoisotopic (exact) mass is 348 g/mol. The molecule has 128 valence electrons. The van der Waals surface area contributed by atoms with Crippen molar-refractivity contribution in [2.24, 2.45) is 5.73 Å². The van der Waals surface area contributed by atoms with Gasteiger partial charge in [0.2, 0.25) is 11.8 Å². The molecule has 24 heavy (non-hydrogen) atoms. The lowest BCUT2D eigenvalue weighted by Gasteiger charge is -2.30. The molecule has 1 saturated heterocycles. The number of likely N-dealkylation sites (tertiary alicyclic amines) is 1. The molecular formula is C16H20N4O3S. The van der Waals surface area contributed by atoms with Gasteiger partial charge in [0.1, 0.15) is 0 Å². The number of nitrogens with zero attached hydrogens (tertiary/aromatic N) is 3. The molecule has 1 aliphatic heterocycles. The summed E-state index contributed by atoms with van der Waals surface area (Å²) in [4.78, 5) is 30.6. The van der Waals surface area contributed by atoms with E-state index in [1.165, 1.54) is 11.3 Å². The van der Waals surface area contributed by atoms with Crippen LogP contribution in [0.3, 0.4) is 0 Å². The molecule has 2 aromatic heterocycles. The standard InChI is InChI=1S/C16H20N4O3S/c1-9(2)15-18-14(19-23-15)10-4-3-5-20(7-10)16(22)12-6-11(8-24-12)13(17)21/h6,8-10H,3-5,7H2,1-2H3,(H2,17,21)/t10-/m0/s1. The maximum atomic E-state index is 12.6. The molecule has 0 unspecified atom stereocenters. The largest absolute Gasteiger partial charge is 0.366 e. The summed E-state index contributed by atoms with van der Waals surface area (Å²) in [6, 6.07) is 1.56. The van der Waals surface area contributed by atoms with E-state index in [0.29, 0.717) is 35.2 Å². The summed E-state index contributed by atoms with van der Waals surface area (Å²) < 4.78 is 5.28. The van der Waals surface area contributed by atoms with Crippen LogP contribution in [0.2, 0.25) is 0 Å². The van der Waals surface area contributed by atoms with Gasteiger partial charge < -0.3 is 15.2 Å². The fourth-order valence-electron chi connectivity index (χ4n) is 2.75. The van der Waals surface area contributed by atoms with Gasteiger partial charge in [0, 0.05) is 30.3 Å². The number of nitrogens with two attached hydrogens (primary N) is 1. The van der Waals surface area contributed by atoms with Crippen molar-refractivity contribution in [3.8, 4) is 0 Å². The molecule has 1 atom stereocenters. The number of hydrogen-bond donors (Lipinski definition) is 1. The van der Waals surface area contributed by atoms with E-state index in [0.717, 1.165) is 12.8 Å². The second kappa shape index (κ2) is 6.72. The molecule has 0 aromatic carbocycles. The quantitative estimate of drug-likeness (QED) is 0.914. The minimum absolute atomic E-state index is 0.0783. The average molecular weight is 348 g/mol. The van der Waals surface area contributed by atoms with E-state index in [2.05, 4.69) is 10.1 Å². The number of carbonyl (C=O) groups excluding carboxylic acids is 2. The van der Waals surface area contributed by atoms with Gasteiger partial charge in [0.15, 0.2) is 5.82 Å². The zero-order valence-corrected chi connectivity index (χ0v) is 14.5. The summed E-state index contributed by atoms with van der Waals surface area (Å²) >= 11 is 1.24. The number of amides is 2. The Morgan fingerprint density at radius 2 is 2.25 bits per heavy atom. The van der Waals surface area contributed by atoms with E-state index in [9.17, 15) is 9.59 Å². The van der Waals surface area contributed by atoms with Gasteiger partial charge >= 0.3 is 0 Å². The lowest BCUT2D eigenvalue weighted by molar-refractivity contribution is 0.0708. The Labute approximate surface area is 143 Å². The summed E-state index contributed by atoms with van der Waals surface area (Å²) in [5, 5.41) is 5.69. The van der Waals surface area contributed by atoms with Crippen LogP contribution in [0, 0.1) is 0 Å². The highest BCUT2D eigenvalue weighted by molar-refractivity contribution is 7.12. The molecule has 0 saturated carbocycles. The predicted molar refractivity (Wildman–Crippen MR) is 89.1 cm³/mol. The zero-order chi connectivity index (χ0) is 17.3. The first-order valence-corrected chi connectivity index (χ1v) is 8.84. The molecule has 2 aromatic rings. The summed E-state index contributed by atoms with van der Waals surface area (Å²) in [6.45, 7) is 5.25. The van der Waals surface area contributed by atoms with Crippen molar-refractivity contribution in [1.82, 2.24) is 15.0 Å². The van der Waals surface area contributed by atoms with Gasteiger partial charge in [-0.05, 0) is 18.9 Å². The molecule has 3 heterocycles. The van der Waals surface area contributed by atoms with Crippen LogP contribution in [-0.4, -0.2) is 39.9 Å². The molecule has 0 aliphatic carbocycles. The van der Waals surface area contributed by atoms with Crippen molar-refractivity contribution < 1.29 is 14.1 Å². The fourth-order valence-corrected chi connectivity index (χ4v) is 3.62. The van der Waals surface area contributed by atoms with E-state index in [1.54, 1.807) is 16.3 Å². The van der Waals surface area contributed by atoms with Crippen molar-refractivity contribution in [3.63, 3.8) is 0 Å². The van der Waals surface area contributed by atoms with Crippen molar-refractivity contribution in [2.45, 2.75) is 38.5 Å².